The molecule has 4 atom stereocenters. The fourth-order valence-corrected chi connectivity index (χ4v) is 3.43. The van der Waals surface area contributed by atoms with E-state index in [2.05, 4.69) is 34.6 Å². The topological polar surface area (TPSA) is 26.3 Å². The second kappa shape index (κ2) is 8.69. The minimum atomic E-state index is 0.0608. The van der Waals surface area contributed by atoms with Crippen molar-refractivity contribution >= 4 is 5.97 Å². The molecule has 20 heavy (non-hydrogen) atoms. The van der Waals surface area contributed by atoms with Gasteiger partial charge in [0.1, 0.15) is 6.10 Å². The third kappa shape index (κ3) is 5.10. The maximum Gasteiger partial charge on any atom is 0.309 e. The minimum Gasteiger partial charge on any atom is -0.462 e. The molecule has 0 radical (unpaired) electrons. The Hall–Kier alpha value is -0.530. The van der Waals surface area contributed by atoms with Gasteiger partial charge >= 0.3 is 5.97 Å². The number of carbonyl (C=O) groups excluding carboxylic acids is 1. The lowest BCUT2D eigenvalue weighted by molar-refractivity contribution is -0.161. The summed E-state index contributed by atoms with van der Waals surface area (Å²) < 4.78 is 5.95. The molecule has 0 amide bonds. The zero-order valence-electron chi connectivity index (χ0n) is 14.2. The maximum atomic E-state index is 12.4. The van der Waals surface area contributed by atoms with Crippen LogP contribution in [0.5, 0.6) is 0 Å². The SMILES string of the molecule is CCCCC(CC)C(=O)O[C@@H]1C[C@H](C)CC[C@H]1C(C)C. The predicted octanol–water partition coefficient (Wildman–Crippen LogP) is 5.21. The molecule has 0 bridgehead atoms. The second-order valence-corrected chi connectivity index (χ2v) is 7.05. The molecule has 0 heterocycles. The van der Waals surface area contributed by atoms with Gasteiger partial charge in [0.2, 0.25) is 0 Å². The monoisotopic (exact) mass is 282 g/mol. The molecule has 1 aliphatic carbocycles. The van der Waals surface area contributed by atoms with Crippen LogP contribution in [0.2, 0.25) is 0 Å². The van der Waals surface area contributed by atoms with Gasteiger partial charge in [-0.05, 0) is 43.4 Å². The average molecular weight is 282 g/mol. The molecular formula is C18H34O2. The van der Waals surface area contributed by atoms with Crippen LogP contribution in [0, 0.1) is 23.7 Å². The van der Waals surface area contributed by atoms with E-state index in [9.17, 15) is 4.79 Å². The third-order valence-corrected chi connectivity index (χ3v) is 4.96. The van der Waals surface area contributed by atoms with Crippen molar-refractivity contribution in [2.24, 2.45) is 23.7 Å². The van der Waals surface area contributed by atoms with Crippen molar-refractivity contribution in [1.29, 1.82) is 0 Å². The number of ether oxygens (including phenoxy) is 1. The lowest BCUT2D eigenvalue weighted by Crippen LogP contribution is -2.37. The molecule has 1 aliphatic rings. The fraction of sp³-hybridized carbons (Fsp3) is 0.944. The van der Waals surface area contributed by atoms with E-state index in [1.165, 1.54) is 12.8 Å². The van der Waals surface area contributed by atoms with Gasteiger partial charge in [-0.2, -0.15) is 0 Å². The quantitative estimate of drug-likeness (QED) is 0.599. The molecule has 0 aliphatic heterocycles. The summed E-state index contributed by atoms with van der Waals surface area (Å²) in [4.78, 5) is 12.4. The van der Waals surface area contributed by atoms with E-state index in [-0.39, 0.29) is 18.0 Å². The van der Waals surface area contributed by atoms with Crippen molar-refractivity contribution < 1.29 is 9.53 Å². The summed E-state index contributed by atoms with van der Waals surface area (Å²) >= 11 is 0. The van der Waals surface area contributed by atoms with Crippen LogP contribution >= 0.6 is 0 Å². The number of carbonyl (C=O) groups is 1. The van der Waals surface area contributed by atoms with Gasteiger partial charge in [-0.3, -0.25) is 4.79 Å². The molecule has 1 saturated carbocycles. The molecule has 1 unspecified atom stereocenters. The van der Waals surface area contributed by atoms with Crippen LogP contribution in [0.25, 0.3) is 0 Å². The molecule has 0 saturated heterocycles. The summed E-state index contributed by atoms with van der Waals surface area (Å²) in [5.41, 5.74) is 0. The molecule has 1 fully saturated rings. The van der Waals surface area contributed by atoms with Gasteiger partial charge in [-0.15, -0.1) is 0 Å². The van der Waals surface area contributed by atoms with Crippen molar-refractivity contribution in [3.05, 3.63) is 0 Å². The molecule has 0 aromatic rings. The smallest absolute Gasteiger partial charge is 0.309 e. The second-order valence-electron chi connectivity index (χ2n) is 7.05. The van der Waals surface area contributed by atoms with Gasteiger partial charge in [-0.25, -0.2) is 0 Å². The highest BCUT2D eigenvalue weighted by molar-refractivity contribution is 5.72. The zero-order valence-corrected chi connectivity index (χ0v) is 14.2. The fourth-order valence-electron chi connectivity index (χ4n) is 3.43. The van der Waals surface area contributed by atoms with Crippen molar-refractivity contribution in [2.45, 2.75) is 85.7 Å². The first kappa shape index (κ1) is 17.5. The number of unbranched alkanes of at least 4 members (excludes halogenated alkanes) is 1. The Bertz CT molecular complexity index is 285. The number of esters is 1. The molecule has 1 rings (SSSR count). The Morgan fingerprint density at radius 1 is 1.25 bits per heavy atom. The largest absolute Gasteiger partial charge is 0.462 e. The van der Waals surface area contributed by atoms with E-state index in [1.54, 1.807) is 0 Å². The van der Waals surface area contributed by atoms with Crippen LogP contribution in [0.15, 0.2) is 0 Å². The standard InChI is InChI=1S/C18H34O2/c1-6-8-9-15(7-2)18(19)20-17-12-14(5)10-11-16(17)13(3)4/h13-17H,6-12H2,1-5H3/t14-,15?,16+,17-/m1/s1. The molecule has 0 aromatic heterocycles. The highest BCUT2D eigenvalue weighted by atomic mass is 16.5. The van der Waals surface area contributed by atoms with Crippen molar-refractivity contribution in [3.8, 4) is 0 Å². The summed E-state index contributed by atoms with van der Waals surface area (Å²) in [5.74, 6) is 2.03. The van der Waals surface area contributed by atoms with Crippen molar-refractivity contribution in [1.82, 2.24) is 0 Å². The van der Waals surface area contributed by atoms with Gasteiger partial charge in [0, 0.05) is 0 Å². The van der Waals surface area contributed by atoms with Gasteiger partial charge in [0.05, 0.1) is 5.92 Å². The predicted molar refractivity (Wildman–Crippen MR) is 84.5 cm³/mol. The van der Waals surface area contributed by atoms with Crippen LogP contribution in [-0.2, 0) is 9.53 Å². The van der Waals surface area contributed by atoms with E-state index >= 15 is 0 Å². The Kier molecular flexibility index (Phi) is 7.61. The van der Waals surface area contributed by atoms with E-state index in [0.29, 0.717) is 17.8 Å². The van der Waals surface area contributed by atoms with Crippen LogP contribution < -0.4 is 0 Å². The van der Waals surface area contributed by atoms with Gasteiger partial charge in [0.15, 0.2) is 0 Å². The third-order valence-electron chi connectivity index (χ3n) is 4.96. The molecule has 0 N–H and O–H groups in total. The number of rotatable bonds is 7. The lowest BCUT2D eigenvalue weighted by Gasteiger charge is -2.37. The number of hydrogen-bond donors (Lipinski definition) is 0. The molecule has 0 spiro atoms. The van der Waals surface area contributed by atoms with Crippen LogP contribution in [-0.4, -0.2) is 12.1 Å². The molecular weight excluding hydrogens is 248 g/mol. The summed E-state index contributed by atoms with van der Waals surface area (Å²) in [6.45, 7) is 11.1. The Morgan fingerprint density at radius 2 is 1.95 bits per heavy atom. The van der Waals surface area contributed by atoms with Crippen LogP contribution in [0.4, 0.5) is 0 Å². The first-order valence-corrected chi connectivity index (χ1v) is 8.70. The minimum absolute atomic E-state index is 0.0608. The highest BCUT2D eigenvalue weighted by Gasteiger charge is 2.34. The van der Waals surface area contributed by atoms with E-state index < -0.39 is 0 Å². The van der Waals surface area contributed by atoms with Crippen molar-refractivity contribution in [3.63, 3.8) is 0 Å². The molecule has 118 valence electrons. The van der Waals surface area contributed by atoms with Gasteiger partial charge in [0.25, 0.3) is 0 Å². The van der Waals surface area contributed by atoms with Crippen molar-refractivity contribution in [2.75, 3.05) is 0 Å². The van der Waals surface area contributed by atoms with Gasteiger partial charge in [-0.1, -0.05) is 53.9 Å². The highest BCUT2D eigenvalue weighted by Crippen LogP contribution is 2.36. The molecule has 0 aromatic carbocycles. The molecule has 2 nitrogen and oxygen atoms in total. The number of hydrogen-bond acceptors (Lipinski definition) is 2. The normalized spacial score (nSPS) is 28.4. The Labute approximate surface area is 125 Å². The summed E-state index contributed by atoms with van der Waals surface area (Å²) in [6.07, 6.45) is 7.88. The van der Waals surface area contributed by atoms with E-state index in [4.69, 9.17) is 4.74 Å². The summed E-state index contributed by atoms with van der Waals surface area (Å²) in [7, 11) is 0. The van der Waals surface area contributed by atoms with Crippen LogP contribution in [0.3, 0.4) is 0 Å². The van der Waals surface area contributed by atoms with E-state index in [1.807, 2.05) is 0 Å². The molecule has 2 heteroatoms. The van der Waals surface area contributed by atoms with E-state index in [0.717, 1.165) is 32.1 Å². The Balaban J connectivity index is 2.59. The first-order chi connectivity index (χ1) is 9.49. The maximum absolute atomic E-state index is 12.4. The first-order valence-electron chi connectivity index (χ1n) is 8.70. The summed E-state index contributed by atoms with van der Waals surface area (Å²) in [5, 5.41) is 0. The van der Waals surface area contributed by atoms with Crippen LogP contribution in [0.1, 0.15) is 79.6 Å². The zero-order chi connectivity index (χ0) is 15.1. The lowest BCUT2D eigenvalue weighted by atomic mass is 9.75. The Morgan fingerprint density at radius 3 is 2.50 bits per heavy atom. The van der Waals surface area contributed by atoms with Gasteiger partial charge < -0.3 is 4.74 Å². The average Bonchev–Trinajstić information content (AvgIpc) is 2.39. The summed E-state index contributed by atoms with van der Waals surface area (Å²) in [6, 6.07) is 0.